The number of imidazole rings is 1. The number of nitrogens with one attached hydrogen (secondary N) is 2. The third-order valence-electron chi connectivity index (χ3n) is 6.82. The van der Waals surface area contributed by atoms with Gasteiger partial charge in [0.15, 0.2) is 0 Å². The van der Waals surface area contributed by atoms with Crippen LogP contribution >= 0.6 is 0 Å². The molecular formula is C26H36FN3O3. The van der Waals surface area contributed by atoms with Crippen molar-refractivity contribution in [3.05, 3.63) is 41.5 Å². The standard InChI is InChI=1S/C26H36FN3O3/c1-15(2)20-9-17(10-23-29-21-7-6-19(27)11-22(21)30-23)16(3)8-18(20)14-28-24(31)12-26(4,5)13-25(32)33/h6-8,11,15,17-18,20H,9-10,12-14H2,1-5H3,(H,28,31)(H,29,30)(H,32,33)/t17-,18-,20-/m0/s1. The molecule has 7 heteroatoms. The molecule has 2 aromatic rings. The number of aromatic amines is 1. The van der Waals surface area contributed by atoms with Gasteiger partial charge in [0.2, 0.25) is 5.91 Å². The van der Waals surface area contributed by atoms with Crippen LogP contribution in [0.1, 0.15) is 59.7 Å². The lowest BCUT2D eigenvalue weighted by Gasteiger charge is -2.37. The predicted molar refractivity (Wildman–Crippen MR) is 127 cm³/mol. The van der Waals surface area contributed by atoms with Gasteiger partial charge >= 0.3 is 5.97 Å². The van der Waals surface area contributed by atoms with Crippen LogP contribution in [0.5, 0.6) is 0 Å². The fraction of sp³-hybridized carbons (Fsp3) is 0.577. The average molecular weight is 458 g/mol. The molecule has 1 amide bonds. The molecule has 33 heavy (non-hydrogen) atoms. The highest BCUT2D eigenvalue weighted by Gasteiger charge is 2.33. The molecule has 0 fully saturated rings. The van der Waals surface area contributed by atoms with Crippen molar-refractivity contribution in [3.8, 4) is 0 Å². The lowest BCUT2D eigenvalue weighted by molar-refractivity contribution is -0.139. The van der Waals surface area contributed by atoms with Crippen LogP contribution in [0.4, 0.5) is 4.39 Å². The minimum absolute atomic E-state index is 0.0341. The zero-order valence-electron chi connectivity index (χ0n) is 20.2. The summed E-state index contributed by atoms with van der Waals surface area (Å²) >= 11 is 0. The van der Waals surface area contributed by atoms with E-state index in [1.54, 1.807) is 19.9 Å². The van der Waals surface area contributed by atoms with Gasteiger partial charge in [-0.1, -0.05) is 39.3 Å². The van der Waals surface area contributed by atoms with E-state index < -0.39 is 11.4 Å². The number of aromatic nitrogens is 2. The number of hydrogen-bond donors (Lipinski definition) is 3. The third-order valence-corrected chi connectivity index (χ3v) is 6.82. The summed E-state index contributed by atoms with van der Waals surface area (Å²) in [6.07, 6.45) is 4.20. The number of benzene rings is 1. The van der Waals surface area contributed by atoms with Crippen molar-refractivity contribution in [2.45, 2.75) is 60.3 Å². The molecule has 3 N–H and O–H groups in total. The van der Waals surface area contributed by atoms with Gasteiger partial charge in [-0.05, 0) is 60.6 Å². The molecule has 1 aliphatic rings. The summed E-state index contributed by atoms with van der Waals surface area (Å²) in [5, 5.41) is 12.1. The summed E-state index contributed by atoms with van der Waals surface area (Å²) in [7, 11) is 0. The fourth-order valence-electron chi connectivity index (χ4n) is 5.07. The lowest BCUT2D eigenvalue weighted by atomic mass is 9.69. The lowest BCUT2D eigenvalue weighted by Crippen LogP contribution is -2.38. The van der Waals surface area contributed by atoms with Gasteiger partial charge in [-0.15, -0.1) is 0 Å². The first-order chi connectivity index (χ1) is 15.4. The molecule has 0 spiro atoms. The molecule has 6 nitrogen and oxygen atoms in total. The Balaban J connectivity index is 1.66. The Labute approximate surface area is 195 Å². The largest absolute Gasteiger partial charge is 0.481 e. The van der Waals surface area contributed by atoms with Gasteiger partial charge in [-0.3, -0.25) is 9.59 Å². The fourth-order valence-corrected chi connectivity index (χ4v) is 5.07. The molecule has 1 aromatic heterocycles. The quantitative estimate of drug-likeness (QED) is 0.456. The minimum atomic E-state index is -0.890. The molecule has 0 unspecified atom stereocenters. The molecular weight excluding hydrogens is 421 g/mol. The summed E-state index contributed by atoms with van der Waals surface area (Å²) < 4.78 is 13.5. The molecule has 180 valence electrons. The zero-order valence-corrected chi connectivity index (χ0v) is 20.2. The second-order valence-corrected chi connectivity index (χ2v) is 10.7. The van der Waals surface area contributed by atoms with Gasteiger partial charge in [0, 0.05) is 19.4 Å². The molecule has 0 saturated heterocycles. The molecule has 1 heterocycles. The van der Waals surface area contributed by atoms with Crippen LogP contribution in [0.15, 0.2) is 29.8 Å². The highest BCUT2D eigenvalue weighted by Crippen LogP contribution is 2.38. The number of carbonyl (C=O) groups excluding carboxylic acids is 1. The van der Waals surface area contributed by atoms with Crippen LogP contribution in [-0.2, 0) is 16.0 Å². The Morgan fingerprint density at radius 2 is 2.03 bits per heavy atom. The average Bonchev–Trinajstić information content (AvgIpc) is 3.07. The van der Waals surface area contributed by atoms with E-state index >= 15 is 0 Å². The van der Waals surface area contributed by atoms with Gasteiger partial charge in [0.25, 0.3) is 0 Å². The summed E-state index contributed by atoms with van der Waals surface area (Å²) in [5.41, 5.74) is 2.20. The summed E-state index contributed by atoms with van der Waals surface area (Å²) in [5.74, 6) is 1.03. The number of amides is 1. The maximum atomic E-state index is 13.5. The van der Waals surface area contributed by atoms with Gasteiger partial charge in [-0.2, -0.15) is 0 Å². The van der Waals surface area contributed by atoms with Crippen molar-refractivity contribution in [1.82, 2.24) is 15.3 Å². The number of aliphatic carboxylic acids is 1. The number of nitrogens with zero attached hydrogens (tertiary/aromatic N) is 1. The Bertz CT molecular complexity index is 1040. The van der Waals surface area contributed by atoms with Crippen LogP contribution in [0.25, 0.3) is 11.0 Å². The van der Waals surface area contributed by atoms with Gasteiger partial charge in [-0.25, -0.2) is 9.37 Å². The van der Waals surface area contributed by atoms with Gasteiger partial charge < -0.3 is 15.4 Å². The first-order valence-electron chi connectivity index (χ1n) is 11.7. The number of carbonyl (C=O) groups is 2. The van der Waals surface area contributed by atoms with E-state index in [1.807, 2.05) is 0 Å². The van der Waals surface area contributed by atoms with Crippen molar-refractivity contribution >= 4 is 22.9 Å². The van der Waals surface area contributed by atoms with Crippen LogP contribution in [0, 0.1) is 34.9 Å². The van der Waals surface area contributed by atoms with Crippen molar-refractivity contribution in [2.24, 2.45) is 29.1 Å². The Morgan fingerprint density at radius 3 is 2.70 bits per heavy atom. The number of halogens is 1. The highest BCUT2D eigenvalue weighted by molar-refractivity contribution is 5.78. The number of fused-ring (bicyclic) bond motifs is 1. The van der Waals surface area contributed by atoms with E-state index in [1.165, 1.54) is 17.7 Å². The predicted octanol–water partition coefficient (Wildman–Crippen LogP) is 5.11. The molecule has 0 radical (unpaired) electrons. The topological polar surface area (TPSA) is 95.1 Å². The van der Waals surface area contributed by atoms with Crippen LogP contribution in [0.3, 0.4) is 0 Å². The summed E-state index contributed by atoms with van der Waals surface area (Å²) in [6, 6.07) is 4.60. The first kappa shape index (κ1) is 24.9. The van der Waals surface area contributed by atoms with Crippen LogP contribution in [-0.4, -0.2) is 33.5 Å². The number of allylic oxidation sites excluding steroid dienone is 1. The monoisotopic (exact) mass is 457 g/mol. The molecule has 3 rings (SSSR count). The van der Waals surface area contributed by atoms with E-state index in [9.17, 15) is 14.0 Å². The Morgan fingerprint density at radius 1 is 1.30 bits per heavy atom. The normalized spacial score (nSPS) is 21.3. The zero-order chi connectivity index (χ0) is 24.3. The van der Waals surface area contributed by atoms with Crippen molar-refractivity contribution in [3.63, 3.8) is 0 Å². The smallest absolute Gasteiger partial charge is 0.303 e. The Kier molecular flexibility index (Phi) is 7.60. The maximum Gasteiger partial charge on any atom is 0.303 e. The number of carboxylic acid groups (broad SMARTS) is 1. The maximum absolute atomic E-state index is 13.5. The number of H-pyrrole nitrogens is 1. The van der Waals surface area contributed by atoms with Crippen molar-refractivity contribution in [2.75, 3.05) is 6.54 Å². The SMILES string of the molecule is CC1=C[C@@H](CNC(=O)CC(C)(C)CC(=O)O)[C@H](C(C)C)C[C@H]1Cc1nc2ccc(F)cc2[nH]1. The molecule has 0 saturated carbocycles. The van der Waals surface area contributed by atoms with Gasteiger partial charge in [0.1, 0.15) is 11.6 Å². The summed E-state index contributed by atoms with van der Waals surface area (Å²) in [4.78, 5) is 31.4. The molecule has 0 aliphatic heterocycles. The van der Waals surface area contributed by atoms with E-state index in [4.69, 9.17) is 5.11 Å². The Hall–Kier alpha value is -2.70. The number of carboxylic acids is 1. The van der Waals surface area contributed by atoms with E-state index in [2.05, 4.69) is 42.1 Å². The van der Waals surface area contributed by atoms with E-state index in [-0.39, 0.29) is 30.5 Å². The molecule has 0 bridgehead atoms. The van der Waals surface area contributed by atoms with Crippen LogP contribution < -0.4 is 5.32 Å². The molecule has 1 aliphatic carbocycles. The van der Waals surface area contributed by atoms with Crippen LogP contribution in [0.2, 0.25) is 0 Å². The van der Waals surface area contributed by atoms with Crippen molar-refractivity contribution in [1.29, 1.82) is 0 Å². The number of rotatable bonds is 9. The summed E-state index contributed by atoms with van der Waals surface area (Å²) in [6.45, 7) is 10.7. The van der Waals surface area contributed by atoms with E-state index in [0.717, 1.165) is 24.2 Å². The van der Waals surface area contributed by atoms with E-state index in [0.29, 0.717) is 29.8 Å². The third kappa shape index (κ3) is 6.65. The first-order valence-corrected chi connectivity index (χ1v) is 11.7. The molecule has 1 aromatic carbocycles. The van der Waals surface area contributed by atoms with Gasteiger partial charge in [0.05, 0.1) is 17.5 Å². The molecule has 3 atom stereocenters. The highest BCUT2D eigenvalue weighted by atomic mass is 19.1. The number of hydrogen-bond acceptors (Lipinski definition) is 3. The second kappa shape index (κ2) is 10.1. The minimum Gasteiger partial charge on any atom is -0.481 e. The second-order valence-electron chi connectivity index (χ2n) is 10.7. The van der Waals surface area contributed by atoms with Crippen molar-refractivity contribution < 1.29 is 19.1 Å².